The molecule has 24 heavy (non-hydrogen) atoms. The number of carbonyl (C=O) groups excluding carboxylic acids is 1. The Bertz CT molecular complexity index is 701. The molecule has 2 aromatic rings. The van der Waals surface area contributed by atoms with Crippen molar-refractivity contribution < 1.29 is 14.7 Å². The molecule has 0 aliphatic rings. The molecule has 0 radical (unpaired) electrons. The molecular weight excluding hydrogens is 334 g/mol. The number of nitrogens with zero attached hydrogens (tertiary/aromatic N) is 4. The first-order valence-corrected chi connectivity index (χ1v) is 7.94. The van der Waals surface area contributed by atoms with Crippen LogP contribution in [0.25, 0.3) is 11.4 Å². The number of amides is 1. The highest BCUT2D eigenvalue weighted by molar-refractivity contribution is 6.30. The molecule has 0 aliphatic heterocycles. The van der Waals surface area contributed by atoms with E-state index < -0.39 is 12.0 Å². The van der Waals surface area contributed by atoms with Crippen LogP contribution in [0.5, 0.6) is 0 Å². The maximum absolute atomic E-state index is 12.2. The number of aliphatic carboxylic acids is 1. The fourth-order valence-electron chi connectivity index (χ4n) is 2.09. The van der Waals surface area contributed by atoms with Gasteiger partial charge < -0.3 is 10.4 Å². The van der Waals surface area contributed by atoms with E-state index in [1.54, 1.807) is 24.3 Å². The van der Waals surface area contributed by atoms with Crippen molar-refractivity contribution in [3.05, 3.63) is 29.3 Å². The van der Waals surface area contributed by atoms with E-state index in [9.17, 15) is 9.59 Å². The van der Waals surface area contributed by atoms with Crippen LogP contribution in [0.1, 0.15) is 32.2 Å². The van der Waals surface area contributed by atoms with Gasteiger partial charge in [0.05, 0.1) is 0 Å². The number of hydrogen-bond donors (Lipinski definition) is 2. The van der Waals surface area contributed by atoms with Gasteiger partial charge in [-0.1, -0.05) is 18.5 Å². The van der Waals surface area contributed by atoms with Crippen LogP contribution in [0.2, 0.25) is 5.02 Å². The minimum Gasteiger partial charge on any atom is -0.481 e. The highest BCUT2D eigenvalue weighted by atomic mass is 35.5. The average molecular weight is 352 g/mol. The smallest absolute Gasteiger partial charge is 0.303 e. The first-order chi connectivity index (χ1) is 11.5. The SMILES string of the molecule is CCC(C(=O)NCCCC(=O)O)n1nnc(-c2ccc(Cl)cc2)n1. The van der Waals surface area contributed by atoms with Gasteiger partial charge >= 0.3 is 5.97 Å². The second kappa shape index (κ2) is 8.39. The van der Waals surface area contributed by atoms with Crippen LogP contribution in [-0.2, 0) is 9.59 Å². The molecule has 9 heteroatoms. The lowest BCUT2D eigenvalue weighted by Gasteiger charge is -2.13. The average Bonchev–Trinajstić information content (AvgIpc) is 3.02. The second-order valence-corrected chi connectivity index (χ2v) is 5.59. The van der Waals surface area contributed by atoms with E-state index in [4.69, 9.17) is 16.7 Å². The van der Waals surface area contributed by atoms with E-state index in [0.717, 1.165) is 5.56 Å². The number of carboxylic acid groups (broad SMARTS) is 1. The lowest BCUT2D eigenvalue weighted by atomic mass is 10.2. The molecule has 1 heterocycles. The number of carbonyl (C=O) groups is 2. The van der Waals surface area contributed by atoms with E-state index in [2.05, 4.69) is 20.7 Å². The van der Waals surface area contributed by atoms with Crippen molar-refractivity contribution in [3.8, 4) is 11.4 Å². The number of tetrazole rings is 1. The molecule has 128 valence electrons. The first kappa shape index (κ1) is 17.9. The minimum absolute atomic E-state index is 0.0133. The Morgan fingerprint density at radius 1 is 1.33 bits per heavy atom. The van der Waals surface area contributed by atoms with Crippen LogP contribution >= 0.6 is 11.6 Å². The molecule has 1 aromatic heterocycles. The van der Waals surface area contributed by atoms with Gasteiger partial charge in [0.25, 0.3) is 0 Å². The van der Waals surface area contributed by atoms with Gasteiger partial charge in [0.15, 0.2) is 6.04 Å². The topological polar surface area (TPSA) is 110 Å². The predicted molar refractivity (Wildman–Crippen MR) is 87.5 cm³/mol. The summed E-state index contributed by atoms with van der Waals surface area (Å²) in [5.41, 5.74) is 0.752. The van der Waals surface area contributed by atoms with E-state index in [1.807, 2.05) is 6.92 Å². The number of rotatable bonds is 8. The van der Waals surface area contributed by atoms with E-state index in [-0.39, 0.29) is 12.3 Å². The highest BCUT2D eigenvalue weighted by Crippen LogP contribution is 2.18. The second-order valence-electron chi connectivity index (χ2n) is 5.15. The molecule has 2 N–H and O–H groups in total. The Hall–Kier alpha value is -2.48. The molecule has 0 saturated heterocycles. The predicted octanol–water partition coefficient (Wildman–Crippen LogP) is 1.93. The fourth-order valence-corrected chi connectivity index (χ4v) is 2.22. The van der Waals surface area contributed by atoms with E-state index in [1.165, 1.54) is 4.80 Å². The van der Waals surface area contributed by atoms with E-state index >= 15 is 0 Å². The van der Waals surface area contributed by atoms with Gasteiger partial charge in [0.1, 0.15) is 0 Å². The monoisotopic (exact) mass is 351 g/mol. The third-order valence-corrected chi connectivity index (χ3v) is 3.62. The molecule has 1 unspecified atom stereocenters. The molecule has 1 atom stereocenters. The molecule has 0 aliphatic carbocycles. The zero-order valence-corrected chi connectivity index (χ0v) is 13.9. The maximum Gasteiger partial charge on any atom is 0.303 e. The summed E-state index contributed by atoms with van der Waals surface area (Å²) in [5, 5.41) is 24.1. The number of nitrogens with one attached hydrogen (secondary N) is 1. The van der Waals surface area contributed by atoms with Gasteiger partial charge in [-0.15, -0.1) is 10.2 Å². The van der Waals surface area contributed by atoms with Gasteiger partial charge in [-0.3, -0.25) is 9.59 Å². The summed E-state index contributed by atoms with van der Waals surface area (Å²) in [4.78, 5) is 23.9. The quantitative estimate of drug-likeness (QED) is 0.703. The largest absolute Gasteiger partial charge is 0.481 e. The number of halogens is 1. The third-order valence-electron chi connectivity index (χ3n) is 3.37. The fraction of sp³-hybridized carbons (Fsp3) is 0.400. The van der Waals surface area contributed by atoms with Gasteiger partial charge in [0.2, 0.25) is 11.7 Å². The van der Waals surface area contributed by atoms with Crippen LogP contribution in [0.15, 0.2) is 24.3 Å². The summed E-state index contributed by atoms with van der Waals surface area (Å²) < 4.78 is 0. The third kappa shape index (κ3) is 4.76. The molecule has 2 rings (SSSR count). The first-order valence-electron chi connectivity index (χ1n) is 7.56. The Balaban J connectivity index is 2.01. The van der Waals surface area contributed by atoms with Crippen LogP contribution in [0, 0.1) is 0 Å². The van der Waals surface area contributed by atoms with Gasteiger partial charge in [-0.05, 0) is 42.3 Å². The Kier molecular flexibility index (Phi) is 6.25. The van der Waals surface area contributed by atoms with Crippen LogP contribution in [0.4, 0.5) is 0 Å². The zero-order valence-electron chi connectivity index (χ0n) is 13.1. The normalized spacial score (nSPS) is 11.9. The van der Waals surface area contributed by atoms with Crippen LogP contribution in [0.3, 0.4) is 0 Å². The number of hydrogen-bond acceptors (Lipinski definition) is 5. The molecule has 0 bridgehead atoms. The summed E-state index contributed by atoms with van der Waals surface area (Å²) in [6, 6.07) is 6.41. The van der Waals surface area contributed by atoms with E-state index in [0.29, 0.717) is 30.2 Å². The number of carboxylic acids is 1. The summed E-state index contributed by atoms with van der Waals surface area (Å²) in [6.45, 7) is 2.13. The highest BCUT2D eigenvalue weighted by Gasteiger charge is 2.21. The molecule has 0 spiro atoms. The molecular formula is C15H18ClN5O3. The van der Waals surface area contributed by atoms with Gasteiger partial charge in [-0.2, -0.15) is 4.80 Å². The lowest BCUT2D eigenvalue weighted by Crippen LogP contribution is -2.34. The Morgan fingerprint density at radius 3 is 2.67 bits per heavy atom. The van der Waals surface area contributed by atoms with Gasteiger partial charge in [-0.25, -0.2) is 0 Å². The zero-order chi connectivity index (χ0) is 17.5. The summed E-state index contributed by atoms with van der Waals surface area (Å²) >= 11 is 5.85. The number of aromatic nitrogens is 4. The Morgan fingerprint density at radius 2 is 2.04 bits per heavy atom. The summed E-state index contributed by atoms with van der Waals surface area (Å²) in [7, 11) is 0. The Labute approximate surface area is 143 Å². The molecule has 0 fully saturated rings. The number of benzene rings is 1. The molecule has 1 aromatic carbocycles. The van der Waals surface area contributed by atoms with Crippen molar-refractivity contribution in [3.63, 3.8) is 0 Å². The minimum atomic E-state index is -0.887. The van der Waals surface area contributed by atoms with Crippen molar-refractivity contribution in [2.24, 2.45) is 0 Å². The standard InChI is InChI=1S/C15H18ClN5O3/c1-2-12(15(24)17-9-3-4-13(22)23)21-19-14(18-20-21)10-5-7-11(16)8-6-10/h5-8,12H,2-4,9H2,1H3,(H,17,24)(H,22,23). The van der Waals surface area contributed by atoms with Crippen molar-refractivity contribution in [1.82, 2.24) is 25.5 Å². The summed E-state index contributed by atoms with van der Waals surface area (Å²) in [6.07, 6.45) is 0.874. The van der Waals surface area contributed by atoms with Crippen molar-refractivity contribution >= 4 is 23.5 Å². The molecule has 8 nitrogen and oxygen atoms in total. The summed E-state index contributed by atoms with van der Waals surface area (Å²) in [5.74, 6) is -0.742. The molecule has 1 amide bonds. The van der Waals surface area contributed by atoms with Crippen LogP contribution in [-0.4, -0.2) is 43.7 Å². The molecule has 0 saturated carbocycles. The van der Waals surface area contributed by atoms with Crippen LogP contribution < -0.4 is 5.32 Å². The van der Waals surface area contributed by atoms with Crippen molar-refractivity contribution in [2.75, 3.05) is 6.54 Å². The van der Waals surface area contributed by atoms with Crippen molar-refractivity contribution in [1.29, 1.82) is 0 Å². The van der Waals surface area contributed by atoms with Gasteiger partial charge in [0, 0.05) is 23.6 Å². The van der Waals surface area contributed by atoms with Crippen molar-refractivity contribution in [2.45, 2.75) is 32.2 Å². The lowest BCUT2D eigenvalue weighted by molar-refractivity contribution is -0.137. The maximum atomic E-state index is 12.2.